The lowest BCUT2D eigenvalue weighted by Crippen LogP contribution is -1.92. The summed E-state index contributed by atoms with van der Waals surface area (Å²) in [4.78, 5) is 9.12. The van der Waals surface area contributed by atoms with E-state index in [1.54, 1.807) is 16.6 Å². The molecule has 1 N–H and O–H groups in total. The molecule has 0 heterocycles. The summed E-state index contributed by atoms with van der Waals surface area (Å²) in [6.07, 6.45) is -1.28. The molecule has 0 amide bonds. The standard InChI is InChI=1S/CH2O3.Al/c2-1(3)4;/h(H2,2,3,4);/q;+1/p-1. The molecule has 0 rings (SSSR count). The average molecular weight is 88.0 g/mol. The van der Waals surface area contributed by atoms with E-state index in [-0.39, 0.29) is 0 Å². The molecule has 0 fully saturated rings. The summed E-state index contributed by atoms with van der Waals surface area (Å²) in [5, 5.41) is 7.48. The minimum absolute atomic E-state index is 1.28. The zero-order valence-electron chi connectivity index (χ0n) is 2.34. The second-order valence-electron chi connectivity index (χ2n) is 0.384. The van der Waals surface area contributed by atoms with E-state index in [1.807, 2.05) is 0 Å². The summed E-state index contributed by atoms with van der Waals surface area (Å²) in [7, 11) is 0. The predicted octanol–water partition coefficient (Wildman–Crippen LogP) is -0.236. The molecule has 0 aliphatic rings. The molecule has 3 nitrogen and oxygen atoms in total. The number of hydrogen-bond donors (Lipinski definition) is 1. The maximum absolute atomic E-state index is 9.12. The van der Waals surface area contributed by atoms with Gasteiger partial charge < -0.3 is 8.90 Å². The van der Waals surface area contributed by atoms with Gasteiger partial charge in [-0.3, -0.25) is 0 Å². The number of hydrogen-bond acceptors (Lipinski definition) is 2. The van der Waals surface area contributed by atoms with Crippen LogP contribution in [0.25, 0.3) is 0 Å². The Balaban J connectivity index is 2.85. The van der Waals surface area contributed by atoms with Gasteiger partial charge in [0.1, 0.15) is 0 Å². The van der Waals surface area contributed by atoms with Crippen molar-refractivity contribution in [1.82, 2.24) is 0 Å². The molecule has 0 aromatic carbocycles. The van der Waals surface area contributed by atoms with Crippen LogP contribution < -0.4 is 0 Å². The van der Waals surface area contributed by atoms with Crippen molar-refractivity contribution >= 4 is 22.8 Å². The molecule has 0 bridgehead atoms. The van der Waals surface area contributed by atoms with Crippen molar-refractivity contribution in [2.45, 2.75) is 0 Å². The highest BCUT2D eigenvalue weighted by Gasteiger charge is 1.79. The largest absolute Gasteiger partial charge is 0.598 e. The van der Waals surface area contributed by atoms with Crippen molar-refractivity contribution in [1.29, 1.82) is 0 Å². The lowest BCUT2D eigenvalue weighted by atomic mass is 11.5. The molecule has 0 saturated carbocycles. The van der Waals surface area contributed by atoms with Gasteiger partial charge in [0.25, 0.3) is 0 Å². The number of carboxylic acid groups (broad SMARTS) is 1. The second kappa shape index (κ2) is 2.07. The summed E-state index contributed by atoms with van der Waals surface area (Å²) < 4.78 is 3.58. The van der Waals surface area contributed by atoms with Gasteiger partial charge in [-0.1, -0.05) is 0 Å². The molecule has 2 radical (unpaired) electrons. The van der Waals surface area contributed by atoms with E-state index < -0.39 is 6.16 Å². The first-order valence-electron chi connectivity index (χ1n) is 0.868. The fourth-order valence-corrected chi connectivity index (χ4v) is 0. The first-order chi connectivity index (χ1) is 2.27. The van der Waals surface area contributed by atoms with Crippen molar-refractivity contribution in [3.05, 3.63) is 0 Å². The zero-order chi connectivity index (χ0) is 4.28. The van der Waals surface area contributed by atoms with Gasteiger partial charge in [0.05, 0.1) is 0 Å². The summed E-state index contributed by atoms with van der Waals surface area (Å²) >= 11 is 1.59. The molecule has 0 spiro atoms. The molecule has 26 valence electrons. The maximum Gasteiger partial charge on any atom is 0.490 e. The van der Waals surface area contributed by atoms with E-state index in [1.165, 1.54) is 0 Å². The molecule has 0 atom stereocenters. The number of rotatable bonds is 0. The average Bonchev–Trinajstić information content (AvgIpc) is 1.38. The van der Waals surface area contributed by atoms with Crippen LogP contribution in [-0.2, 0) is 3.79 Å². The monoisotopic (exact) mass is 88.0 g/mol. The molecule has 0 aromatic heterocycles. The third-order valence-electron chi connectivity index (χ3n) is 0.101. The molecule has 0 aromatic rings. The summed E-state index contributed by atoms with van der Waals surface area (Å²) in [5.74, 6) is 0. The molecule has 4 heteroatoms. The second-order valence-corrected chi connectivity index (χ2v) is 0.619. The topological polar surface area (TPSA) is 46.5 Å². The normalized spacial score (nSPS) is 6.40. The van der Waals surface area contributed by atoms with Crippen LogP contribution in [0.3, 0.4) is 0 Å². The van der Waals surface area contributed by atoms with Crippen molar-refractivity contribution in [2.24, 2.45) is 0 Å². The van der Waals surface area contributed by atoms with Crippen LogP contribution in [0, 0.1) is 0 Å². The predicted molar refractivity (Wildman–Crippen MR) is 14.9 cm³/mol. The lowest BCUT2D eigenvalue weighted by molar-refractivity contribution is 0.148. The number of carbonyl (C=O) groups is 1. The molecular weight excluding hydrogens is 87.0 g/mol. The third-order valence-corrected chi connectivity index (χ3v) is 0.302. The van der Waals surface area contributed by atoms with Crippen LogP contribution in [0.15, 0.2) is 0 Å². The van der Waals surface area contributed by atoms with Crippen LogP contribution in [0.5, 0.6) is 0 Å². The molecule has 0 unspecified atom stereocenters. The molecular formula is CHAlO3. The van der Waals surface area contributed by atoms with E-state index >= 15 is 0 Å². The Morgan fingerprint density at radius 3 is 2.20 bits per heavy atom. The van der Waals surface area contributed by atoms with Gasteiger partial charge in [-0.2, -0.15) is 0 Å². The minimum atomic E-state index is -1.28. The summed E-state index contributed by atoms with van der Waals surface area (Å²) in [5.41, 5.74) is 0. The maximum atomic E-state index is 9.12. The fraction of sp³-hybridized carbons (Fsp3) is 0. The first-order valence-corrected chi connectivity index (χ1v) is 1.34. The Morgan fingerprint density at radius 1 is 2.00 bits per heavy atom. The Morgan fingerprint density at radius 2 is 2.20 bits per heavy atom. The highest BCUT2D eigenvalue weighted by Crippen LogP contribution is 1.59. The zero-order valence-corrected chi connectivity index (χ0v) is 3.50. The van der Waals surface area contributed by atoms with Gasteiger partial charge in [-0.15, -0.1) is 0 Å². The smallest absolute Gasteiger partial charge is 0.490 e. The van der Waals surface area contributed by atoms with E-state index in [0.29, 0.717) is 0 Å². The molecule has 0 aliphatic carbocycles. The van der Waals surface area contributed by atoms with Crippen LogP contribution >= 0.6 is 0 Å². The summed E-state index contributed by atoms with van der Waals surface area (Å²) in [6.45, 7) is 0. The van der Waals surface area contributed by atoms with E-state index in [0.717, 1.165) is 0 Å². The van der Waals surface area contributed by atoms with Gasteiger partial charge in [0.15, 0.2) is 0 Å². The minimum Gasteiger partial charge on any atom is -0.598 e. The van der Waals surface area contributed by atoms with E-state index in [9.17, 15) is 0 Å². The molecule has 5 heavy (non-hydrogen) atoms. The van der Waals surface area contributed by atoms with Crippen molar-refractivity contribution in [2.75, 3.05) is 0 Å². The SMILES string of the molecule is O=C(O)[O][Al]. The van der Waals surface area contributed by atoms with E-state index in [2.05, 4.69) is 3.79 Å². The van der Waals surface area contributed by atoms with Crippen LogP contribution in [0.1, 0.15) is 0 Å². The van der Waals surface area contributed by atoms with Crippen molar-refractivity contribution in [3.8, 4) is 0 Å². The lowest BCUT2D eigenvalue weighted by Gasteiger charge is -1.83. The Hall–Kier alpha value is -0.198. The fourth-order valence-electron chi connectivity index (χ4n) is 0. The van der Waals surface area contributed by atoms with Gasteiger partial charge in [0.2, 0.25) is 0 Å². The van der Waals surface area contributed by atoms with Crippen LogP contribution in [0.2, 0.25) is 0 Å². The first kappa shape index (κ1) is 4.80. The Labute approximate surface area is 37.3 Å². The Bertz CT molecular complexity index is 42.2. The highest BCUT2D eigenvalue weighted by molar-refractivity contribution is 6.03. The van der Waals surface area contributed by atoms with Crippen molar-refractivity contribution in [3.63, 3.8) is 0 Å². The third kappa shape index (κ3) is 3.80. The van der Waals surface area contributed by atoms with Crippen LogP contribution in [-0.4, -0.2) is 27.9 Å². The molecule has 0 aliphatic heterocycles. The highest BCUT2D eigenvalue weighted by atomic mass is 27.1. The van der Waals surface area contributed by atoms with Crippen LogP contribution in [0.4, 0.5) is 4.79 Å². The van der Waals surface area contributed by atoms with Gasteiger partial charge in [-0.05, 0) is 0 Å². The Kier molecular flexibility index (Phi) is 1.98. The quantitative estimate of drug-likeness (QED) is 0.416. The molecule has 0 saturated heterocycles. The van der Waals surface area contributed by atoms with E-state index in [4.69, 9.17) is 9.90 Å². The summed E-state index contributed by atoms with van der Waals surface area (Å²) in [6, 6.07) is 0. The van der Waals surface area contributed by atoms with Gasteiger partial charge >= 0.3 is 22.8 Å². The van der Waals surface area contributed by atoms with Crippen molar-refractivity contribution < 1.29 is 13.7 Å². The van der Waals surface area contributed by atoms with Gasteiger partial charge in [-0.25, -0.2) is 4.79 Å². The van der Waals surface area contributed by atoms with Gasteiger partial charge in [0, 0.05) is 0 Å².